The molecule has 2 N–H and O–H groups in total. The minimum Gasteiger partial charge on any atom is -0.491 e. The van der Waals surface area contributed by atoms with Gasteiger partial charge in [0.25, 0.3) is 0 Å². The quantitative estimate of drug-likeness (QED) is 0.922. The van der Waals surface area contributed by atoms with Crippen molar-refractivity contribution in [1.29, 1.82) is 0 Å². The van der Waals surface area contributed by atoms with Gasteiger partial charge < -0.3 is 10.5 Å². The van der Waals surface area contributed by atoms with Gasteiger partial charge in [-0.25, -0.2) is 8.78 Å². The van der Waals surface area contributed by atoms with Gasteiger partial charge in [0, 0.05) is 11.1 Å². The van der Waals surface area contributed by atoms with Crippen LogP contribution in [0.2, 0.25) is 0 Å². The van der Waals surface area contributed by atoms with Crippen molar-refractivity contribution in [1.82, 2.24) is 0 Å². The van der Waals surface area contributed by atoms with E-state index >= 15 is 0 Å². The van der Waals surface area contributed by atoms with E-state index in [2.05, 4.69) is 0 Å². The second-order valence-corrected chi connectivity index (χ2v) is 4.85. The zero-order valence-corrected chi connectivity index (χ0v) is 11.4. The average molecular weight is 277 g/mol. The van der Waals surface area contributed by atoms with Gasteiger partial charge in [0.05, 0.1) is 12.1 Å². The fraction of sp³-hybridized carbons (Fsp3) is 0.250. The van der Waals surface area contributed by atoms with E-state index in [1.165, 1.54) is 0 Å². The van der Waals surface area contributed by atoms with Crippen LogP contribution in [0, 0.1) is 11.6 Å². The molecule has 0 aliphatic rings. The van der Waals surface area contributed by atoms with E-state index in [4.69, 9.17) is 10.5 Å². The summed E-state index contributed by atoms with van der Waals surface area (Å²) in [6, 6.07) is 9.62. The molecular formula is C16H17F2NO. The van der Waals surface area contributed by atoms with Gasteiger partial charge in [-0.2, -0.15) is 0 Å². The molecule has 2 aromatic carbocycles. The average Bonchev–Trinajstić information content (AvgIpc) is 2.41. The van der Waals surface area contributed by atoms with Gasteiger partial charge >= 0.3 is 0 Å². The van der Waals surface area contributed by atoms with Crippen LogP contribution in [0.5, 0.6) is 5.75 Å². The molecule has 20 heavy (non-hydrogen) atoms. The molecule has 0 amide bonds. The summed E-state index contributed by atoms with van der Waals surface area (Å²) < 4.78 is 32.8. The number of hydrogen-bond acceptors (Lipinski definition) is 2. The summed E-state index contributed by atoms with van der Waals surface area (Å²) in [4.78, 5) is 0. The Hall–Kier alpha value is -1.94. The van der Waals surface area contributed by atoms with Gasteiger partial charge in [0.1, 0.15) is 17.4 Å². The maximum Gasteiger partial charge on any atom is 0.128 e. The van der Waals surface area contributed by atoms with Crippen LogP contribution in [-0.2, 0) is 0 Å². The van der Waals surface area contributed by atoms with E-state index in [1.807, 2.05) is 19.9 Å². The molecule has 0 spiro atoms. The van der Waals surface area contributed by atoms with Crippen LogP contribution in [0.1, 0.15) is 31.0 Å². The minimum atomic E-state index is -0.777. The Labute approximate surface area is 117 Å². The maximum atomic E-state index is 13.8. The van der Waals surface area contributed by atoms with Crippen molar-refractivity contribution in [3.63, 3.8) is 0 Å². The van der Waals surface area contributed by atoms with Crippen LogP contribution in [0.15, 0.2) is 42.5 Å². The first kappa shape index (κ1) is 14.5. The van der Waals surface area contributed by atoms with Crippen LogP contribution in [0.3, 0.4) is 0 Å². The molecule has 0 bridgehead atoms. The standard InChI is InChI=1S/C16H17F2NO/c1-10(2)20-15-6-4-3-5-12(15)16(19)13-9-11(17)7-8-14(13)18/h3-10,16H,19H2,1-2H3. The number of ether oxygens (including phenoxy) is 1. The van der Waals surface area contributed by atoms with E-state index in [-0.39, 0.29) is 11.7 Å². The Morgan fingerprint density at radius 3 is 2.40 bits per heavy atom. The van der Waals surface area contributed by atoms with Crippen molar-refractivity contribution < 1.29 is 13.5 Å². The predicted molar refractivity (Wildman–Crippen MR) is 74.6 cm³/mol. The molecule has 2 nitrogen and oxygen atoms in total. The molecule has 106 valence electrons. The summed E-state index contributed by atoms with van der Waals surface area (Å²) in [5.74, 6) is -0.462. The van der Waals surface area contributed by atoms with Gasteiger partial charge in [-0.3, -0.25) is 0 Å². The molecule has 4 heteroatoms. The summed E-state index contributed by atoms with van der Waals surface area (Å²) in [6.07, 6.45) is -0.0271. The molecule has 0 heterocycles. The van der Waals surface area contributed by atoms with E-state index in [9.17, 15) is 8.78 Å². The number of halogens is 2. The molecule has 1 unspecified atom stereocenters. The van der Waals surface area contributed by atoms with Crippen molar-refractivity contribution in [2.24, 2.45) is 5.73 Å². The molecule has 2 aromatic rings. The van der Waals surface area contributed by atoms with E-state index in [1.54, 1.807) is 18.2 Å². The van der Waals surface area contributed by atoms with Gasteiger partial charge in [0.15, 0.2) is 0 Å². The molecular weight excluding hydrogens is 260 g/mol. The fourth-order valence-corrected chi connectivity index (χ4v) is 2.02. The largest absolute Gasteiger partial charge is 0.491 e. The lowest BCUT2D eigenvalue weighted by atomic mass is 9.98. The zero-order valence-electron chi connectivity index (χ0n) is 11.4. The fourth-order valence-electron chi connectivity index (χ4n) is 2.02. The highest BCUT2D eigenvalue weighted by atomic mass is 19.1. The Bertz CT molecular complexity index is 599. The van der Waals surface area contributed by atoms with Crippen molar-refractivity contribution >= 4 is 0 Å². The number of para-hydroxylation sites is 1. The first-order valence-electron chi connectivity index (χ1n) is 6.45. The molecule has 0 aromatic heterocycles. The first-order valence-corrected chi connectivity index (χ1v) is 6.45. The second-order valence-electron chi connectivity index (χ2n) is 4.85. The Balaban J connectivity index is 2.42. The lowest BCUT2D eigenvalue weighted by Gasteiger charge is -2.19. The van der Waals surface area contributed by atoms with Crippen LogP contribution in [-0.4, -0.2) is 6.10 Å². The zero-order chi connectivity index (χ0) is 14.7. The summed E-state index contributed by atoms with van der Waals surface area (Å²) in [7, 11) is 0. The Kier molecular flexibility index (Phi) is 4.35. The maximum absolute atomic E-state index is 13.8. The SMILES string of the molecule is CC(C)Oc1ccccc1C(N)c1cc(F)ccc1F. The molecule has 0 radical (unpaired) electrons. The van der Waals surface area contributed by atoms with Crippen molar-refractivity contribution in [2.75, 3.05) is 0 Å². The van der Waals surface area contributed by atoms with Crippen LogP contribution >= 0.6 is 0 Å². The van der Waals surface area contributed by atoms with E-state index in [0.717, 1.165) is 18.2 Å². The van der Waals surface area contributed by atoms with Gasteiger partial charge in [-0.1, -0.05) is 18.2 Å². The third-order valence-corrected chi connectivity index (χ3v) is 2.91. The second kappa shape index (κ2) is 6.01. The highest BCUT2D eigenvalue weighted by Gasteiger charge is 2.18. The first-order chi connectivity index (χ1) is 9.49. The molecule has 0 fully saturated rings. The van der Waals surface area contributed by atoms with Crippen molar-refractivity contribution in [3.05, 3.63) is 65.2 Å². The summed E-state index contributed by atoms with van der Waals surface area (Å²) >= 11 is 0. The minimum absolute atomic E-state index is 0.0271. The molecule has 2 rings (SSSR count). The monoisotopic (exact) mass is 277 g/mol. The third kappa shape index (κ3) is 3.14. The Morgan fingerprint density at radius 1 is 1.00 bits per heavy atom. The summed E-state index contributed by atoms with van der Waals surface area (Å²) in [5.41, 5.74) is 6.82. The van der Waals surface area contributed by atoms with Crippen molar-refractivity contribution in [3.8, 4) is 5.75 Å². The lowest BCUT2D eigenvalue weighted by Crippen LogP contribution is -2.17. The van der Waals surface area contributed by atoms with E-state index < -0.39 is 17.7 Å². The summed E-state index contributed by atoms with van der Waals surface area (Å²) in [5, 5.41) is 0. The molecule has 0 aliphatic heterocycles. The number of nitrogens with two attached hydrogens (primary N) is 1. The van der Waals surface area contributed by atoms with Crippen LogP contribution in [0.4, 0.5) is 8.78 Å². The Morgan fingerprint density at radius 2 is 1.70 bits per heavy atom. The summed E-state index contributed by atoms with van der Waals surface area (Å²) in [6.45, 7) is 3.79. The smallest absolute Gasteiger partial charge is 0.128 e. The highest BCUT2D eigenvalue weighted by molar-refractivity contribution is 5.41. The number of benzene rings is 2. The van der Waals surface area contributed by atoms with Crippen molar-refractivity contribution in [2.45, 2.75) is 26.0 Å². The van der Waals surface area contributed by atoms with Gasteiger partial charge in [0.2, 0.25) is 0 Å². The van der Waals surface area contributed by atoms with Crippen LogP contribution < -0.4 is 10.5 Å². The van der Waals surface area contributed by atoms with Gasteiger partial charge in [-0.05, 0) is 38.1 Å². The molecule has 1 atom stereocenters. The van der Waals surface area contributed by atoms with E-state index in [0.29, 0.717) is 11.3 Å². The normalized spacial score (nSPS) is 12.5. The topological polar surface area (TPSA) is 35.2 Å². The van der Waals surface area contributed by atoms with Crippen LogP contribution in [0.25, 0.3) is 0 Å². The molecule has 0 saturated carbocycles. The number of rotatable bonds is 4. The van der Waals surface area contributed by atoms with Gasteiger partial charge in [-0.15, -0.1) is 0 Å². The highest BCUT2D eigenvalue weighted by Crippen LogP contribution is 2.30. The molecule has 0 saturated heterocycles. The number of hydrogen-bond donors (Lipinski definition) is 1. The lowest BCUT2D eigenvalue weighted by molar-refractivity contribution is 0.239. The predicted octanol–water partition coefficient (Wildman–Crippen LogP) is 3.80. The third-order valence-electron chi connectivity index (χ3n) is 2.91. The molecule has 0 aliphatic carbocycles.